The van der Waals surface area contributed by atoms with Crippen LogP contribution in [0.15, 0.2) is 36.8 Å². The van der Waals surface area contributed by atoms with E-state index >= 15 is 0 Å². The topological polar surface area (TPSA) is 42.7 Å². The second-order valence-electron chi connectivity index (χ2n) is 3.42. The summed E-state index contributed by atoms with van der Waals surface area (Å²) in [6, 6.07) is 5.64. The van der Waals surface area contributed by atoms with E-state index in [0.717, 1.165) is 25.2 Å². The highest BCUT2D eigenvalue weighted by atomic mass is 35.5. The molecule has 0 aliphatic heterocycles. The second-order valence-corrected chi connectivity index (χ2v) is 3.80. The van der Waals surface area contributed by atoms with Crippen molar-refractivity contribution in [3.05, 3.63) is 41.9 Å². The van der Waals surface area contributed by atoms with E-state index in [9.17, 15) is 0 Å². The molecule has 84 valence electrons. The fraction of sp³-hybridized carbons (Fsp3) is 0.273. The minimum Gasteiger partial charge on any atom is -0.385 e. The van der Waals surface area contributed by atoms with Crippen LogP contribution in [0, 0.1) is 0 Å². The van der Waals surface area contributed by atoms with E-state index in [0.29, 0.717) is 5.15 Å². The second kappa shape index (κ2) is 5.51. The van der Waals surface area contributed by atoms with Gasteiger partial charge in [0.1, 0.15) is 5.15 Å². The van der Waals surface area contributed by atoms with Gasteiger partial charge in [-0.2, -0.15) is 5.10 Å². The standard InChI is InChI=1S/C11H13ClN4/c12-11-9-10(3-6-14-11)13-4-1-7-16-8-2-5-15-16/h2-3,5-6,8-9H,1,4,7H2,(H,13,14). The Bertz CT molecular complexity index is 427. The van der Waals surface area contributed by atoms with Crippen molar-refractivity contribution in [3.8, 4) is 0 Å². The molecular weight excluding hydrogens is 224 g/mol. The van der Waals surface area contributed by atoms with Crippen LogP contribution in [0.5, 0.6) is 0 Å². The van der Waals surface area contributed by atoms with Gasteiger partial charge in [-0.3, -0.25) is 4.68 Å². The van der Waals surface area contributed by atoms with Gasteiger partial charge in [0.2, 0.25) is 0 Å². The van der Waals surface area contributed by atoms with Crippen LogP contribution < -0.4 is 5.32 Å². The van der Waals surface area contributed by atoms with Gasteiger partial charge in [0.25, 0.3) is 0 Å². The Morgan fingerprint density at radius 2 is 2.31 bits per heavy atom. The van der Waals surface area contributed by atoms with Gasteiger partial charge in [-0.25, -0.2) is 4.98 Å². The van der Waals surface area contributed by atoms with Gasteiger partial charge in [-0.1, -0.05) is 11.6 Å². The molecule has 0 unspecified atom stereocenters. The average Bonchev–Trinajstić information content (AvgIpc) is 2.77. The van der Waals surface area contributed by atoms with Crippen LogP contribution >= 0.6 is 11.6 Å². The highest BCUT2D eigenvalue weighted by Gasteiger charge is 1.94. The molecule has 0 aliphatic carbocycles. The lowest BCUT2D eigenvalue weighted by Crippen LogP contribution is -2.07. The lowest BCUT2D eigenvalue weighted by atomic mass is 10.3. The van der Waals surface area contributed by atoms with E-state index in [-0.39, 0.29) is 0 Å². The fourth-order valence-corrected chi connectivity index (χ4v) is 1.59. The van der Waals surface area contributed by atoms with Crippen LogP contribution in [0.1, 0.15) is 6.42 Å². The number of rotatable bonds is 5. The lowest BCUT2D eigenvalue weighted by molar-refractivity contribution is 0.592. The summed E-state index contributed by atoms with van der Waals surface area (Å²) >= 11 is 5.77. The zero-order chi connectivity index (χ0) is 11.2. The van der Waals surface area contributed by atoms with E-state index in [1.54, 1.807) is 12.4 Å². The maximum absolute atomic E-state index is 5.77. The molecule has 2 aromatic heterocycles. The Hall–Kier alpha value is -1.55. The summed E-state index contributed by atoms with van der Waals surface area (Å²) in [5, 5.41) is 7.93. The number of aryl methyl sites for hydroxylation is 1. The van der Waals surface area contributed by atoms with Crippen molar-refractivity contribution in [1.82, 2.24) is 14.8 Å². The third-order valence-electron chi connectivity index (χ3n) is 2.18. The Kier molecular flexibility index (Phi) is 3.77. The van der Waals surface area contributed by atoms with Gasteiger partial charge in [0, 0.05) is 37.4 Å². The number of nitrogens with one attached hydrogen (secondary N) is 1. The van der Waals surface area contributed by atoms with Crippen LogP contribution in [-0.4, -0.2) is 21.3 Å². The molecule has 2 aromatic rings. The van der Waals surface area contributed by atoms with Crippen molar-refractivity contribution in [1.29, 1.82) is 0 Å². The summed E-state index contributed by atoms with van der Waals surface area (Å²) in [4.78, 5) is 3.92. The Morgan fingerprint density at radius 3 is 3.06 bits per heavy atom. The smallest absolute Gasteiger partial charge is 0.131 e. The molecule has 0 atom stereocenters. The molecule has 0 amide bonds. The predicted molar refractivity (Wildman–Crippen MR) is 64.6 cm³/mol. The average molecular weight is 237 g/mol. The monoisotopic (exact) mass is 236 g/mol. The summed E-state index contributed by atoms with van der Waals surface area (Å²) in [7, 11) is 0. The number of halogens is 1. The van der Waals surface area contributed by atoms with Crippen LogP contribution in [0.4, 0.5) is 5.69 Å². The van der Waals surface area contributed by atoms with E-state index in [2.05, 4.69) is 15.4 Å². The summed E-state index contributed by atoms with van der Waals surface area (Å²) in [6.45, 7) is 1.80. The van der Waals surface area contributed by atoms with Crippen molar-refractivity contribution in [2.45, 2.75) is 13.0 Å². The van der Waals surface area contributed by atoms with Crippen molar-refractivity contribution >= 4 is 17.3 Å². The van der Waals surface area contributed by atoms with Crippen molar-refractivity contribution < 1.29 is 0 Å². The predicted octanol–water partition coefficient (Wildman–Crippen LogP) is 2.43. The molecule has 0 saturated heterocycles. The van der Waals surface area contributed by atoms with Gasteiger partial charge < -0.3 is 5.32 Å². The lowest BCUT2D eigenvalue weighted by Gasteiger charge is -2.06. The van der Waals surface area contributed by atoms with Crippen LogP contribution in [0.25, 0.3) is 0 Å². The van der Waals surface area contributed by atoms with Crippen molar-refractivity contribution in [2.24, 2.45) is 0 Å². The molecule has 0 aromatic carbocycles. The molecule has 5 heteroatoms. The number of hydrogen-bond acceptors (Lipinski definition) is 3. The van der Waals surface area contributed by atoms with Crippen molar-refractivity contribution in [2.75, 3.05) is 11.9 Å². The molecule has 0 spiro atoms. The van der Waals surface area contributed by atoms with Crippen LogP contribution in [0.3, 0.4) is 0 Å². The van der Waals surface area contributed by atoms with Gasteiger partial charge >= 0.3 is 0 Å². The largest absolute Gasteiger partial charge is 0.385 e. The first-order valence-corrected chi connectivity index (χ1v) is 5.55. The number of hydrogen-bond donors (Lipinski definition) is 1. The molecule has 4 nitrogen and oxygen atoms in total. The molecular formula is C11H13ClN4. The summed E-state index contributed by atoms with van der Waals surface area (Å²) < 4.78 is 1.92. The molecule has 1 N–H and O–H groups in total. The molecule has 0 saturated carbocycles. The molecule has 0 fully saturated rings. The first kappa shape index (κ1) is 11.0. The minimum atomic E-state index is 0.511. The number of anilines is 1. The van der Waals surface area contributed by atoms with Crippen LogP contribution in [-0.2, 0) is 6.54 Å². The third kappa shape index (κ3) is 3.24. The minimum absolute atomic E-state index is 0.511. The van der Waals surface area contributed by atoms with E-state index in [1.165, 1.54) is 0 Å². The fourth-order valence-electron chi connectivity index (χ4n) is 1.42. The van der Waals surface area contributed by atoms with Gasteiger partial charge in [0.15, 0.2) is 0 Å². The first-order valence-electron chi connectivity index (χ1n) is 5.17. The Balaban J connectivity index is 1.72. The highest BCUT2D eigenvalue weighted by Crippen LogP contribution is 2.11. The molecule has 16 heavy (non-hydrogen) atoms. The maximum Gasteiger partial charge on any atom is 0.131 e. The molecule has 2 heterocycles. The van der Waals surface area contributed by atoms with E-state index in [1.807, 2.05) is 29.1 Å². The Labute approximate surface area is 99.3 Å². The number of aromatic nitrogens is 3. The molecule has 0 aliphatic rings. The summed E-state index contributed by atoms with van der Waals surface area (Å²) in [5.41, 5.74) is 1.00. The van der Waals surface area contributed by atoms with E-state index in [4.69, 9.17) is 11.6 Å². The van der Waals surface area contributed by atoms with Crippen molar-refractivity contribution in [3.63, 3.8) is 0 Å². The van der Waals surface area contributed by atoms with Gasteiger partial charge in [-0.15, -0.1) is 0 Å². The first-order chi connectivity index (χ1) is 7.84. The SMILES string of the molecule is Clc1cc(NCCCn2cccn2)ccn1. The zero-order valence-corrected chi connectivity index (χ0v) is 9.56. The summed E-state index contributed by atoms with van der Waals surface area (Å²) in [6.07, 6.45) is 6.46. The molecule has 0 radical (unpaired) electrons. The third-order valence-corrected chi connectivity index (χ3v) is 2.39. The highest BCUT2D eigenvalue weighted by molar-refractivity contribution is 6.29. The normalized spacial score (nSPS) is 10.3. The maximum atomic E-state index is 5.77. The quantitative estimate of drug-likeness (QED) is 0.641. The molecule has 0 bridgehead atoms. The number of pyridine rings is 1. The van der Waals surface area contributed by atoms with Gasteiger partial charge in [0.05, 0.1) is 0 Å². The van der Waals surface area contributed by atoms with Crippen LogP contribution in [0.2, 0.25) is 5.15 Å². The number of nitrogens with zero attached hydrogens (tertiary/aromatic N) is 3. The van der Waals surface area contributed by atoms with E-state index < -0.39 is 0 Å². The van der Waals surface area contributed by atoms with Gasteiger partial charge in [-0.05, 0) is 24.6 Å². The Morgan fingerprint density at radius 1 is 1.38 bits per heavy atom. The zero-order valence-electron chi connectivity index (χ0n) is 8.81. The summed E-state index contributed by atoms with van der Waals surface area (Å²) in [5.74, 6) is 0. The molecule has 2 rings (SSSR count).